The zero-order valence-corrected chi connectivity index (χ0v) is 21.4. The van der Waals surface area contributed by atoms with E-state index >= 15 is 0 Å². The van der Waals surface area contributed by atoms with Crippen LogP contribution in [-0.2, 0) is 4.74 Å². The molecule has 0 spiro atoms. The molecule has 2 aliphatic heterocycles. The van der Waals surface area contributed by atoms with Crippen LogP contribution in [0.3, 0.4) is 0 Å². The lowest BCUT2D eigenvalue weighted by molar-refractivity contribution is 0.0218. The highest BCUT2D eigenvalue weighted by Gasteiger charge is 2.33. The Kier molecular flexibility index (Phi) is 6.01. The molecule has 1 atom stereocenters. The Morgan fingerprint density at radius 3 is 2.60 bits per heavy atom. The van der Waals surface area contributed by atoms with Crippen molar-refractivity contribution in [3.63, 3.8) is 0 Å². The Bertz CT molecular complexity index is 1280. The van der Waals surface area contributed by atoms with Crippen molar-refractivity contribution in [1.29, 1.82) is 5.26 Å². The summed E-state index contributed by atoms with van der Waals surface area (Å²) in [5, 5.41) is 11.0. The molecule has 35 heavy (non-hydrogen) atoms. The van der Waals surface area contributed by atoms with Gasteiger partial charge < -0.3 is 19.4 Å². The van der Waals surface area contributed by atoms with Crippen molar-refractivity contribution in [2.45, 2.75) is 52.2 Å². The SMILES string of the molecule is CC1CN(C(=O)OC(C)(C)C)CCN1c1ncnc2c1c(N1CCCC1)cn2-c1ncc(C#N)s1. The molecule has 2 aliphatic rings. The van der Waals surface area contributed by atoms with Crippen LogP contribution in [0, 0.1) is 11.3 Å². The van der Waals surface area contributed by atoms with Crippen LogP contribution in [0.4, 0.5) is 16.3 Å². The molecule has 1 amide bonds. The Balaban J connectivity index is 1.52. The lowest BCUT2D eigenvalue weighted by atomic mass is 10.1. The van der Waals surface area contributed by atoms with E-state index in [-0.39, 0.29) is 12.1 Å². The zero-order valence-electron chi connectivity index (χ0n) is 20.6. The molecule has 0 saturated carbocycles. The molecule has 5 heterocycles. The van der Waals surface area contributed by atoms with Crippen molar-refractivity contribution in [3.05, 3.63) is 23.6 Å². The van der Waals surface area contributed by atoms with Gasteiger partial charge in [-0.15, -0.1) is 0 Å². The first-order chi connectivity index (χ1) is 16.7. The average molecular weight is 495 g/mol. The average Bonchev–Trinajstić information content (AvgIpc) is 3.56. The van der Waals surface area contributed by atoms with Crippen LogP contribution in [0.5, 0.6) is 0 Å². The van der Waals surface area contributed by atoms with Crippen LogP contribution in [-0.4, -0.2) is 74.9 Å². The number of anilines is 2. The number of thiazole rings is 1. The van der Waals surface area contributed by atoms with Gasteiger partial charge in [-0.25, -0.2) is 19.7 Å². The number of piperazine rings is 1. The number of carbonyl (C=O) groups excluding carboxylic acids is 1. The highest BCUT2D eigenvalue weighted by Crippen LogP contribution is 2.39. The second-order valence-corrected chi connectivity index (χ2v) is 11.1. The maximum Gasteiger partial charge on any atom is 0.410 e. The Morgan fingerprint density at radius 1 is 1.17 bits per heavy atom. The minimum atomic E-state index is -0.523. The summed E-state index contributed by atoms with van der Waals surface area (Å²) < 4.78 is 7.56. The topological polar surface area (TPSA) is 103 Å². The molecular weight excluding hydrogens is 464 g/mol. The van der Waals surface area contributed by atoms with E-state index in [4.69, 9.17) is 9.72 Å². The fraction of sp³-hybridized carbons (Fsp3) is 0.542. The maximum absolute atomic E-state index is 12.7. The molecule has 5 rings (SSSR count). The van der Waals surface area contributed by atoms with Crippen LogP contribution in [0.1, 0.15) is 45.4 Å². The number of nitrogens with zero attached hydrogens (tertiary/aromatic N) is 8. The van der Waals surface area contributed by atoms with Crippen LogP contribution in [0.15, 0.2) is 18.7 Å². The molecule has 2 fully saturated rings. The van der Waals surface area contributed by atoms with Gasteiger partial charge >= 0.3 is 6.09 Å². The monoisotopic (exact) mass is 494 g/mol. The van der Waals surface area contributed by atoms with Crippen LogP contribution in [0.25, 0.3) is 16.2 Å². The number of amides is 1. The van der Waals surface area contributed by atoms with Gasteiger partial charge in [-0.05, 0) is 40.5 Å². The summed E-state index contributed by atoms with van der Waals surface area (Å²) in [6.07, 6.45) is 7.29. The molecule has 11 heteroatoms. The normalized spacial score (nSPS) is 18.8. The van der Waals surface area contributed by atoms with E-state index in [0.29, 0.717) is 29.6 Å². The third-order valence-corrected chi connectivity index (χ3v) is 7.25. The Labute approximate surface area is 208 Å². The fourth-order valence-corrected chi connectivity index (χ4v) is 5.47. The number of aromatic nitrogens is 4. The summed E-state index contributed by atoms with van der Waals surface area (Å²) in [7, 11) is 0. The summed E-state index contributed by atoms with van der Waals surface area (Å²) in [4.78, 5) is 33.5. The van der Waals surface area contributed by atoms with Crippen molar-refractivity contribution >= 4 is 40.0 Å². The first kappa shape index (κ1) is 23.4. The van der Waals surface area contributed by atoms with Crippen LogP contribution in [0.2, 0.25) is 0 Å². The third kappa shape index (κ3) is 4.50. The molecule has 0 N–H and O–H groups in total. The number of fused-ring (bicyclic) bond motifs is 1. The molecule has 0 aliphatic carbocycles. The minimum Gasteiger partial charge on any atom is -0.444 e. The summed E-state index contributed by atoms with van der Waals surface area (Å²) in [6, 6.07) is 2.22. The summed E-state index contributed by atoms with van der Waals surface area (Å²) in [5.74, 6) is 0.865. The Morgan fingerprint density at radius 2 is 1.94 bits per heavy atom. The summed E-state index contributed by atoms with van der Waals surface area (Å²) >= 11 is 1.35. The van der Waals surface area contributed by atoms with E-state index in [1.807, 2.05) is 25.3 Å². The highest BCUT2D eigenvalue weighted by molar-refractivity contribution is 7.14. The van der Waals surface area contributed by atoms with Gasteiger partial charge in [0.2, 0.25) is 0 Å². The van der Waals surface area contributed by atoms with Crippen molar-refractivity contribution in [1.82, 2.24) is 24.4 Å². The first-order valence-electron chi connectivity index (χ1n) is 12.0. The van der Waals surface area contributed by atoms with Gasteiger partial charge in [-0.3, -0.25) is 4.57 Å². The molecule has 1 unspecified atom stereocenters. The molecule has 2 saturated heterocycles. The van der Waals surface area contributed by atoms with E-state index < -0.39 is 5.60 Å². The lowest BCUT2D eigenvalue weighted by Gasteiger charge is -2.41. The second-order valence-electron chi connectivity index (χ2n) is 10.1. The molecule has 3 aromatic rings. The van der Waals surface area contributed by atoms with Crippen molar-refractivity contribution in [3.8, 4) is 11.2 Å². The van der Waals surface area contributed by atoms with Crippen molar-refractivity contribution in [2.24, 2.45) is 0 Å². The van der Waals surface area contributed by atoms with Gasteiger partial charge in [0, 0.05) is 45.0 Å². The van der Waals surface area contributed by atoms with Crippen molar-refractivity contribution in [2.75, 3.05) is 42.5 Å². The van der Waals surface area contributed by atoms with Gasteiger partial charge in [0.1, 0.15) is 28.7 Å². The van der Waals surface area contributed by atoms with E-state index in [0.717, 1.165) is 48.5 Å². The number of nitriles is 1. The van der Waals surface area contributed by atoms with E-state index in [2.05, 4.69) is 39.0 Å². The summed E-state index contributed by atoms with van der Waals surface area (Å²) in [5.41, 5.74) is 1.34. The highest BCUT2D eigenvalue weighted by atomic mass is 32.1. The van der Waals surface area contributed by atoms with Gasteiger partial charge in [-0.1, -0.05) is 11.3 Å². The molecule has 0 aromatic carbocycles. The quantitative estimate of drug-likeness (QED) is 0.542. The molecular formula is C24H30N8O2S. The van der Waals surface area contributed by atoms with Crippen LogP contribution < -0.4 is 9.80 Å². The number of carbonyl (C=O) groups is 1. The molecule has 0 radical (unpaired) electrons. The van der Waals surface area contributed by atoms with E-state index in [1.54, 1.807) is 17.4 Å². The van der Waals surface area contributed by atoms with Crippen LogP contribution >= 0.6 is 11.3 Å². The summed E-state index contributed by atoms with van der Waals surface area (Å²) in [6.45, 7) is 11.5. The standard InChI is InChI=1S/C24H30N8O2S/c1-16-13-30(23(33)34-24(2,3)4)9-10-31(16)20-19-18(29-7-5-6-8-29)14-32(21(19)28-15-27-20)22-26-12-17(11-25)35-22/h12,14-16H,5-10,13H2,1-4H3. The minimum absolute atomic E-state index is 0.0502. The van der Waals surface area contributed by atoms with Crippen molar-refractivity contribution < 1.29 is 9.53 Å². The first-order valence-corrected chi connectivity index (χ1v) is 12.8. The smallest absolute Gasteiger partial charge is 0.410 e. The van der Waals surface area contributed by atoms with Gasteiger partial charge in [0.05, 0.1) is 17.3 Å². The largest absolute Gasteiger partial charge is 0.444 e. The predicted octanol–water partition coefficient (Wildman–Crippen LogP) is 3.79. The fourth-order valence-electron chi connectivity index (χ4n) is 4.78. The predicted molar refractivity (Wildman–Crippen MR) is 135 cm³/mol. The maximum atomic E-state index is 12.7. The van der Waals surface area contributed by atoms with Gasteiger partial charge in [0.15, 0.2) is 10.8 Å². The number of ether oxygens (including phenoxy) is 1. The zero-order chi connectivity index (χ0) is 24.7. The Hall–Kier alpha value is -3.39. The van der Waals surface area contributed by atoms with Gasteiger partial charge in [-0.2, -0.15) is 5.26 Å². The number of hydrogen-bond donors (Lipinski definition) is 0. The molecule has 184 valence electrons. The molecule has 3 aromatic heterocycles. The third-order valence-electron chi connectivity index (χ3n) is 6.35. The van der Waals surface area contributed by atoms with E-state index in [1.165, 1.54) is 11.3 Å². The van der Waals surface area contributed by atoms with E-state index in [9.17, 15) is 10.1 Å². The second kappa shape index (κ2) is 9.00. The molecule has 10 nitrogen and oxygen atoms in total. The number of hydrogen-bond acceptors (Lipinski definition) is 9. The number of rotatable bonds is 3. The molecule has 0 bridgehead atoms. The van der Waals surface area contributed by atoms with Gasteiger partial charge in [0.25, 0.3) is 0 Å². The lowest BCUT2D eigenvalue weighted by Crippen LogP contribution is -2.54.